The highest BCUT2D eigenvalue weighted by atomic mass is 16.1. The largest absolute Gasteiger partial charge is 0.366 e. The van der Waals surface area contributed by atoms with Gasteiger partial charge in [0.2, 0.25) is 5.56 Å². The summed E-state index contributed by atoms with van der Waals surface area (Å²) in [4.78, 5) is 16.7. The van der Waals surface area contributed by atoms with Crippen LogP contribution in [-0.4, -0.2) is 30.2 Å². The number of piperazine rings is 1. The van der Waals surface area contributed by atoms with Crippen LogP contribution in [0.4, 0.5) is 5.69 Å². The summed E-state index contributed by atoms with van der Waals surface area (Å²) >= 11 is 0. The number of nitrogens with zero attached hydrogens (tertiary/aromatic N) is 1. The van der Waals surface area contributed by atoms with Crippen LogP contribution in [0.1, 0.15) is 13.8 Å². The van der Waals surface area contributed by atoms with Crippen LogP contribution >= 0.6 is 0 Å². The molecule has 0 radical (unpaired) electrons. The highest BCUT2D eigenvalue weighted by molar-refractivity contribution is 5.82. The summed E-state index contributed by atoms with van der Waals surface area (Å²) in [5, 5.41) is 4.55. The third kappa shape index (κ3) is 2.24. The number of nitrogens with one attached hydrogen (secondary N) is 2. The van der Waals surface area contributed by atoms with E-state index in [1.807, 2.05) is 6.07 Å². The summed E-state index contributed by atoms with van der Waals surface area (Å²) in [7, 11) is 0. The summed E-state index contributed by atoms with van der Waals surface area (Å²) in [5.74, 6) is 0. The number of aromatic amines is 1. The molecule has 0 amide bonds. The Kier molecular flexibility index (Phi) is 3.03. The fourth-order valence-corrected chi connectivity index (χ4v) is 2.74. The smallest absolute Gasteiger partial charge is 0.248 e. The van der Waals surface area contributed by atoms with Gasteiger partial charge in [0.1, 0.15) is 0 Å². The van der Waals surface area contributed by atoms with Crippen LogP contribution in [0, 0.1) is 0 Å². The Morgan fingerprint density at radius 2 is 2.00 bits per heavy atom. The van der Waals surface area contributed by atoms with Crippen LogP contribution in [0.2, 0.25) is 0 Å². The van der Waals surface area contributed by atoms with E-state index >= 15 is 0 Å². The van der Waals surface area contributed by atoms with Crippen LogP contribution in [0.15, 0.2) is 35.1 Å². The van der Waals surface area contributed by atoms with Gasteiger partial charge < -0.3 is 15.2 Å². The van der Waals surface area contributed by atoms with Gasteiger partial charge in [-0.25, -0.2) is 0 Å². The number of pyridine rings is 1. The fourth-order valence-electron chi connectivity index (χ4n) is 2.74. The Morgan fingerprint density at radius 1 is 1.21 bits per heavy atom. The Labute approximate surface area is 112 Å². The first-order chi connectivity index (χ1) is 9.15. The minimum absolute atomic E-state index is 0.0497. The molecule has 1 saturated heterocycles. The van der Waals surface area contributed by atoms with E-state index in [9.17, 15) is 4.79 Å². The third-order valence-corrected chi connectivity index (χ3v) is 4.07. The zero-order chi connectivity index (χ0) is 13.4. The molecule has 4 heteroatoms. The summed E-state index contributed by atoms with van der Waals surface area (Å²) in [6, 6.07) is 10.6. The number of benzene rings is 1. The zero-order valence-electron chi connectivity index (χ0n) is 11.3. The maximum Gasteiger partial charge on any atom is 0.248 e. The number of fused-ring (bicyclic) bond motifs is 1. The van der Waals surface area contributed by atoms with Gasteiger partial charge >= 0.3 is 0 Å². The molecule has 0 saturated carbocycles. The van der Waals surface area contributed by atoms with E-state index in [0.717, 1.165) is 24.0 Å². The Balaban J connectivity index is 2.02. The highest BCUT2D eigenvalue weighted by Crippen LogP contribution is 2.23. The number of aromatic nitrogens is 1. The van der Waals surface area contributed by atoms with Crippen LogP contribution in [-0.2, 0) is 0 Å². The van der Waals surface area contributed by atoms with E-state index in [-0.39, 0.29) is 5.56 Å². The quantitative estimate of drug-likeness (QED) is 0.817. The van der Waals surface area contributed by atoms with Crippen molar-refractivity contribution in [3.63, 3.8) is 0 Å². The molecule has 100 valence electrons. The molecule has 4 nitrogen and oxygen atoms in total. The van der Waals surface area contributed by atoms with Crippen molar-refractivity contribution in [3.05, 3.63) is 40.7 Å². The molecular formula is C15H19N3O. The first kappa shape index (κ1) is 12.2. The lowest BCUT2D eigenvalue weighted by Crippen LogP contribution is -2.55. The van der Waals surface area contributed by atoms with E-state index in [4.69, 9.17) is 0 Å². The van der Waals surface area contributed by atoms with Gasteiger partial charge in [0.05, 0.1) is 5.52 Å². The molecule has 2 heterocycles. The topological polar surface area (TPSA) is 48.1 Å². The zero-order valence-corrected chi connectivity index (χ0v) is 11.3. The monoisotopic (exact) mass is 257 g/mol. The van der Waals surface area contributed by atoms with Gasteiger partial charge in [-0.2, -0.15) is 0 Å². The van der Waals surface area contributed by atoms with Crippen molar-refractivity contribution in [1.82, 2.24) is 10.3 Å². The number of hydrogen-bond donors (Lipinski definition) is 2. The molecule has 0 bridgehead atoms. The van der Waals surface area contributed by atoms with E-state index in [0.29, 0.717) is 12.1 Å². The molecule has 2 aromatic rings. The highest BCUT2D eigenvalue weighted by Gasteiger charge is 2.24. The van der Waals surface area contributed by atoms with Crippen molar-refractivity contribution in [2.75, 3.05) is 18.0 Å². The van der Waals surface area contributed by atoms with E-state index in [1.54, 1.807) is 6.07 Å². The number of anilines is 1. The lowest BCUT2D eigenvalue weighted by molar-refractivity contribution is 0.404. The van der Waals surface area contributed by atoms with Gasteiger partial charge in [-0.3, -0.25) is 4.79 Å². The van der Waals surface area contributed by atoms with Gasteiger partial charge in [0.25, 0.3) is 0 Å². The lowest BCUT2D eigenvalue weighted by atomic mass is 10.1. The maximum absolute atomic E-state index is 11.4. The van der Waals surface area contributed by atoms with Crippen molar-refractivity contribution in [3.8, 4) is 0 Å². The van der Waals surface area contributed by atoms with Crippen LogP contribution in [0.25, 0.3) is 10.9 Å². The molecule has 2 atom stereocenters. The SMILES string of the molecule is CC1NCCN(c2ccc3ccc(=O)[nH]c3c2)C1C. The second kappa shape index (κ2) is 4.70. The third-order valence-electron chi connectivity index (χ3n) is 4.07. The minimum Gasteiger partial charge on any atom is -0.366 e. The first-order valence-corrected chi connectivity index (χ1v) is 6.78. The van der Waals surface area contributed by atoms with Crippen LogP contribution < -0.4 is 15.8 Å². The molecular weight excluding hydrogens is 238 g/mol. The molecule has 1 aromatic heterocycles. The van der Waals surface area contributed by atoms with Crippen molar-refractivity contribution in [1.29, 1.82) is 0 Å². The molecule has 0 aliphatic carbocycles. The van der Waals surface area contributed by atoms with Gasteiger partial charge in [-0.15, -0.1) is 0 Å². The Hall–Kier alpha value is -1.81. The van der Waals surface area contributed by atoms with Gasteiger partial charge in [-0.1, -0.05) is 6.07 Å². The van der Waals surface area contributed by atoms with Crippen LogP contribution in [0.5, 0.6) is 0 Å². The summed E-state index contributed by atoms with van der Waals surface area (Å²) < 4.78 is 0. The van der Waals surface area contributed by atoms with Crippen molar-refractivity contribution < 1.29 is 0 Å². The average molecular weight is 257 g/mol. The van der Waals surface area contributed by atoms with E-state index in [1.165, 1.54) is 5.69 Å². The predicted octanol–water partition coefficient (Wildman–Crippen LogP) is 1.71. The molecule has 1 aliphatic heterocycles. The minimum atomic E-state index is -0.0497. The van der Waals surface area contributed by atoms with Gasteiger partial charge in [-0.05, 0) is 37.4 Å². The second-order valence-electron chi connectivity index (χ2n) is 5.27. The Bertz CT molecular complexity index is 649. The fraction of sp³-hybridized carbons (Fsp3) is 0.400. The maximum atomic E-state index is 11.4. The van der Waals surface area contributed by atoms with Gasteiger partial charge in [0, 0.05) is 36.9 Å². The standard InChI is InChI=1S/C15H19N3O/c1-10-11(2)18(8-7-16-10)13-5-3-12-4-6-15(19)17-14(12)9-13/h3-6,9-11,16H,7-8H2,1-2H3,(H,17,19). The average Bonchev–Trinajstić information content (AvgIpc) is 2.41. The normalized spacial score (nSPS) is 23.8. The van der Waals surface area contributed by atoms with Gasteiger partial charge in [0.15, 0.2) is 0 Å². The van der Waals surface area contributed by atoms with Crippen molar-refractivity contribution in [2.45, 2.75) is 25.9 Å². The van der Waals surface area contributed by atoms with Crippen molar-refractivity contribution in [2.24, 2.45) is 0 Å². The predicted molar refractivity (Wildman–Crippen MR) is 78.8 cm³/mol. The molecule has 2 unspecified atom stereocenters. The summed E-state index contributed by atoms with van der Waals surface area (Å²) in [5.41, 5.74) is 2.03. The number of rotatable bonds is 1. The van der Waals surface area contributed by atoms with Crippen molar-refractivity contribution >= 4 is 16.6 Å². The Morgan fingerprint density at radius 3 is 2.84 bits per heavy atom. The molecule has 1 aliphatic rings. The first-order valence-electron chi connectivity index (χ1n) is 6.78. The molecule has 1 fully saturated rings. The molecule has 1 aromatic carbocycles. The van der Waals surface area contributed by atoms with E-state index in [2.05, 4.69) is 47.2 Å². The number of hydrogen-bond acceptors (Lipinski definition) is 3. The molecule has 0 spiro atoms. The summed E-state index contributed by atoms with van der Waals surface area (Å²) in [6.07, 6.45) is 0. The molecule has 2 N–H and O–H groups in total. The number of H-pyrrole nitrogens is 1. The molecule has 3 rings (SSSR count). The second-order valence-corrected chi connectivity index (χ2v) is 5.27. The molecule has 19 heavy (non-hydrogen) atoms. The lowest BCUT2D eigenvalue weighted by Gasteiger charge is -2.40. The van der Waals surface area contributed by atoms with E-state index < -0.39 is 0 Å². The summed E-state index contributed by atoms with van der Waals surface area (Å²) in [6.45, 7) is 6.43. The van der Waals surface area contributed by atoms with Crippen LogP contribution in [0.3, 0.4) is 0 Å².